The number of azo groups is 2. The van der Waals surface area contributed by atoms with Gasteiger partial charge in [0, 0.05) is 17.8 Å². The van der Waals surface area contributed by atoms with E-state index >= 15 is 0 Å². The maximum atomic E-state index is 13.8. The molecule has 5 rings (SSSR count). The Morgan fingerprint density at radius 2 is 1.33 bits per heavy atom. The molecule has 0 heterocycles. The van der Waals surface area contributed by atoms with E-state index in [0.717, 1.165) is 30.3 Å². The van der Waals surface area contributed by atoms with Crippen molar-refractivity contribution in [2.75, 3.05) is 47.7 Å². The van der Waals surface area contributed by atoms with Gasteiger partial charge in [-0.25, -0.2) is 31.5 Å². The molecule has 0 saturated carbocycles. The van der Waals surface area contributed by atoms with Gasteiger partial charge < -0.3 is 15.7 Å². The van der Waals surface area contributed by atoms with E-state index in [4.69, 9.17) is 25.0 Å². The summed E-state index contributed by atoms with van der Waals surface area (Å²) >= 11 is 0.498. The van der Waals surface area contributed by atoms with Crippen molar-refractivity contribution >= 4 is 115 Å². The molecule has 26 nitrogen and oxygen atoms in total. The molecule has 5 aromatic carbocycles. The third-order valence-electron chi connectivity index (χ3n) is 8.69. The first-order valence-electron chi connectivity index (χ1n) is 18.1. The second kappa shape index (κ2) is 23.2. The molecule has 5 aromatic rings. The number of nitrogen functional groups attached to an aromatic ring is 1. The van der Waals surface area contributed by atoms with Crippen molar-refractivity contribution in [2.45, 2.75) is 14.7 Å². The molecule has 0 aliphatic heterocycles. The molecule has 0 saturated heterocycles. The average Bonchev–Trinajstić information content (AvgIpc) is 3.27. The third kappa shape index (κ3) is 14.9. The van der Waals surface area contributed by atoms with Gasteiger partial charge in [0.05, 0.1) is 74.8 Å². The van der Waals surface area contributed by atoms with Gasteiger partial charge in [0.25, 0.3) is 16.0 Å². The van der Waals surface area contributed by atoms with Crippen LogP contribution in [0.3, 0.4) is 0 Å². The highest BCUT2D eigenvalue weighted by Crippen LogP contribution is 2.49. The van der Waals surface area contributed by atoms with Crippen LogP contribution in [0.5, 0.6) is 5.75 Å². The molecule has 32 heteroatoms. The zero-order chi connectivity index (χ0) is 49.0. The topological polar surface area (TPSA) is 389 Å². The van der Waals surface area contributed by atoms with E-state index in [1.807, 2.05) is 0 Å². The minimum absolute atomic E-state index is 0.0753. The van der Waals surface area contributed by atoms with Gasteiger partial charge >= 0.3 is 10.4 Å². The molecule has 0 unspecified atom stereocenters. The van der Waals surface area contributed by atoms with Gasteiger partial charge in [-0.3, -0.25) is 18.1 Å². The van der Waals surface area contributed by atoms with E-state index in [1.54, 1.807) is 30.3 Å². The molecule has 1 amide bonds. The monoisotopic (exact) mass is 1050 g/mol. The Balaban J connectivity index is 1.44. The molecule has 0 aliphatic carbocycles. The van der Waals surface area contributed by atoms with Crippen LogP contribution in [0.4, 0.5) is 34.1 Å². The van der Waals surface area contributed by atoms with Crippen molar-refractivity contribution in [3.63, 3.8) is 0 Å². The number of aromatic hydroxyl groups is 1. The Morgan fingerprint density at radius 1 is 0.716 bits per heavy atom. The fraction of sp³-hybridized carbons (Fsp3) is 0.171. The molecule has 67 heavy (non-hydrogen) atoms. The summed E-state index contributed by atoms with van der Waals surface area (Å²) in [5.74, 6) is -3.07. The van der Waals surface area contributed by atoms with Crippen LogP contribution in [0.2, 0.25) is 0 Å². The Bertz CT molecular complexity index is 3080. The summed E-state index contributed by atoms with van der Waals surface area (Å²) in [6.45, 7) is -1.45. The number of amides is 1. The molecule has 0 atom stereocenters. The lowest BCUT2D eigenvalue weighted by Crippen LogP contribution is -2.36. The standard InChI is InChI=1S/C35H34N6O20S6/c36-31-30-23(21-29(66(50,51)52)33(31)40-38-25-10-12-27(13-11-25)65(48,49)19-16-57-67(53,54)55)20-28(62-60-58-44)32(34(30)42)39-37-24-8-6-22(7-9-24)35(43)41(26-4-2-1-3-5-26)14-17-64(46,47)18-15-56-63-61-59-45/h1-13,20-21,42,44-45H,14-19,36H2,(H,50,51,52)(H,53,54,55). The fourth-order valence-corrected chi connectivity index (χ4v) is 9.65. The Kier molecular flexibility index (Phi) is 18.2. The van der Waals surface area contributed by atoms with Crippen molar-refractivity contribution in [3.05, 3.63) is 96.6 Å². The molecule has 0 aromatic heterocycles. The van der Waals surface area contributed by atoms with Crippen LogP contribution in [-0.4, -0.2) is 101 Å². The lowest BCUT2D eigenvalue weighted by Gasteiger charge is -2.23. The number of nitrogens with two attached hydrogens (primary N) is 1. The molecular weight excluding hydrogens is 1020 g/mol. The maximum absolute atomic E-state index is 13.8. The van der Waals surface area contributed by atoms with Crippen molar-refractivity contribution in [3.8, 4) is 5.75 Å². The highest BCUT2D eigenvalue weighted by molar-refractivity contribution is 7.94. The molecule has 0 bridgehead atoms. The van der Waals surface area contributed by atoms with E-state index in [9.17, 15) is 48.1 Å². The molecule has 0 aliphatic rings. The van der Waals surface area contributed by atoms with Crippen LogP contribution in [0, 0.1) is 0 Å². The summed E-state index contributed by atoms with van der Waals surface area (Å²) in [5.41, 5.74) is 5.23. The lowest BCUT2D eigenvalue weighted by molar-refractivity contribution is -0.434. The van der Waals surface area contributed by atoms with Crippen molar-refractivity contribution in [1.82, 2.24) is 0 Å². The number of phenolic OH excluding ortho intramolecular Hbond substituents is 1. The Labute approximate surface area is 388 Å². The zero-order valence-corrected chi connectivity index (χ0v) is 38.4. The number of anilines is 2. The van der Waals surface area contributed by atoms with E-state index < -0.39 is 97.7 Å². The molecule has 7 N–H and O–H groups in total. The Hall–Kier alpha value is -5.27. The van der Waals surface area contributed by atoms with Crippen LogP contribution in [0.25, 0.3) is 10.8 Å². The van der Waals surface area contributed by atoms with Crippen molar-refractivity contribution in [2.24, 2.45) is 20.5 Å². The third-order valence-corrected chi connectivity index (χ3v) is 14.3. The predicted octanol–water partition coefficient (Wildman–Crippen LogP) is 6.29. The van der Waals surface area contributed by atoms with E-state index in [1.165, 1.54) is 35.2 Å². The summed E-state index contributed by atoms with van der Waals surface area (Å²) in [6, 6.07) is 20.1. The first-order valence-corrected chi connectivity index (χ1v) is 25.8. The summed E-state index contributed by atoms with van der Waals surface area (Å²) in [5, 5.41) is 51.1. The number of carbonyl (C=O) groups excluding carboxylic acids is 1. The predicted molar refractivity (Wildman–Crippen MR) is 236 cm³/mol. The average molecular weight is 1050 g/mol. The quantitative estimate of drug-likeness (QED) is 0.00752. The number of hydrogen-bond acceptors (Lipinski definition) is 25. The summed E-state index contributed by atoms with van der Waals surface area (Å²) in [4.78, 5) is 13.7. The van der Waals surface area contributed by atoms with Crippen LogP contribution in [0.1, 0.15) is 10.4 Å². The SMILES string of the molecule is Nc1c(N=Nc2ccc(S(=O)(=O)CCOS(=O)(=O)O)cc2)c(S(=O)(=O)O)cc2cc(SOOO)c(N=Nc3ccc(C(=O)N(CCS(=O)(=O)CCOSOOO)c4ccccc4)cc3)c(O)c12. The number of fused-ring (bicyclic) bond motifs is 1. The smallest absolute Gasteiger partial charge is 0.397 e. The summed E-state index contributed by atoms with van der Waals surface area (Å²) in [6.07, 6.45) is 0. The number of hydrogen-bond donors (Lipinski definition) is 6. The van der Waals surface area contributed by atoms with Gasteiger partial charge in [-0.05, 0) is 78.2 Å². The van der Waals surface area contributed by atoms with E-state index in [0.29, 0.717) is 5.69 Å². The molecule has 360 valence electrons. The van der Waals surface area contributed by atoms with Crippen LogP contribution >= 0.6 is 24.4 Å². The fourth-order valence-electron chi connectivity index (χ4n) is 5.67. The zero-order valence-electron chi connectivity index (χ0n) is 33.5. The number of rotatable bonds is 24. The summed E-state index contributed by atoms with van der Waals surface area (Å²) < 4.78 is 133. The minimum atomic E-state index is -5.13. The van der Waals surface area contributed by atoms with Crippen LogP contribution in [0.15, 0.2) is 126 Å². The largest absolute Gasteiger partial charge is 0.505 e. The van der Waals surface area contributed by atoms with Crippen molar-refractivity contribution < 1.29 is 90.3 Å². The molecule has 0 radical (unpaired) electrons. The highest BCUT2D eigenvalue weighted by Gasteiger charge is 2.26. The normalized spacial score (nSPS) is 12.7. The van der Waals surface area contributed by atoms with Gasteiger partial charge in [0.1, 0.15) is 16.3 Å². The first-order chi connectivity index (χ1) is 31.6. The maximum Gasteiger partial charge on any atom is 0.397 e. The number of carbonyl (C=O) groups is 1. The lowest BCUT2D eigenvalue weighted by atomic mass is 10.1. The van der Waals surface area contributed by atoms with Gasteiger partial charge in [-0.15, -0.1) is 18.9 Å². The first kappa shape index (κ1) is 52.7. The van der Waals surface area contributed by atoms with Gasteiger partial charge in [0.2, 0.25) is 0 Å². The van der Waals surface area contributed by atoms with Gasteiger partial charge in [-0.2, -0.15) is 27.1 Å². The van der Waals surface area contributed by atoms with Crippen LogP contribution in [-0.2, 0) is 67.3 Å². The number of nitrogens with zero attached hydrogens (tertiary/aromatic N) is 5. The second-order valence-electron chi connectivity index (χ2n) is 13.0. The Morgan fingerprint density at radius 3 is 1.93 bits per heavy atom. The number of phenols is 1. The van der Waals surface area contributed by atoms with Crippen LogP contribution < -0.4 is 10.6 Å². The highest BCUT2D eigenvalue weighted by atomic mass is 32.3. The van der Waals surface area contributed by atoms with Crippen molar-refractivity contribution in [1.29, 1.82) is 0 Å². The second-order valence-corrected chi connectivity index (χ2v) is 21.1. The molecular formula is C35H34N6O20S6. The van der Waals surface area contributed by atoms with E-state index in [-0.39, 0.29) is 75.0 Å². The molecule has 0 fully saturated rings. The number of benzene rings is 5. The van der Waals surface area contributed by atoms with Gasteiger partial charge in [0.15, 0.2) is 37.7 Å². The number of sulfone groups is 2. The minimum Gasteiger partial charge on any atom is -0.505 e. The summed E-state index contributed by atoms with van der Waals surface area (Å²) in [7, 11) is -17.9. The molecule has 0 spiro atoms. The number of para-hydroxylation sites is 1. The van der Waals surface area contributed by atoms with Gasteiger partial charge in [-0.1, -0.05) is 28.3 Å². The van der Waals surface area contributed by atoms with E-state index in [2.05, 4.69) is 43.4 Å².